The molecule has 4 aromatic rings. The van der Waals surface area contributed by atoms with E-state index in [1.165, 1.54) is 15.9 Å². The van der Waals surface area contributed by atoms with Crippen molar-refractivity contribution in [2.45, 2.75) is 13.0 Å². The lowest BCUT2D eigenvalue weighted by Gasteiger charge is -2.26. The first-order valence-electron chi connectivity index (χ1n) is 11.7. The molecule has 7 nitrogen and oxygen atoms in total. The van der Waals surface area contributed by atoms with Gasteiger partial charge in [0.1, 0.15) is 11.5 Å². The first-order valence-corrected chi connectivity index (χ1v) is 12.5. The SMILES string of the molecule is CCOC(=O)C1=C(c2ccccc2)N=c2sc(=Cc3ccccc3O)c(=O)n2[C@@H]1c1cccc(OC)c1. The van der Waals surface area contributed by atoms with Gasteiger partial charge in [0.25, 0.3) is 5.56 Å². The van der Waals surface area contributed by atoms with Crippen molar-refractivity contribution in [2.24, 2.45) is 4.99 Å². The summed E-state index contributed by atoms with van der Waals surface area (Å²) < 4.78 is 12.8. The van der Waals surface area contributed by atoms with Gasteiger partial charge in [0.05, 0.1) is 35.6 Å². The van der Waals surface area contributed by atoms with Crippen LogP contribution < -0.4 is 19.6 Å². The molecule has 0 aliphatic carbocycles. The van der Waals surface area contributed by atoms with E-state index < -0.39 is 12.0 Å². The van der Waals surface area contributed by atoms with Crippen LogP contribution in [0.5, 0.6) is 11.5 Å². The Balaban J connectivity index is 1.85. The van der Waals surface area contributed by atoms with Gasteiger partial charge in [0.2, 0.25) is 0 Å². The molecule has 1 atom stereocenters. The molecule has 0 spiro atoms. The topological polar surface area (TPSA) is 90.1 Å². The molecule has 0 unspecified atom stereocenters. The lowest BCUT2D eigenvalue weighted by Crippen LogP contribution is -2.40. The third-order valence-corrected chi connectivity index (χ3v) is 6.99. The van der Waals surface area contributed by atoms with E-state index in [2.05, 4.69) is 0 Å². The zero-order valence-corrected chi connectivity index (χ0v) is 21.1. The Bertz CT molecular complexity index is 1690. The molecular formula is C29H24N2O5S. The highest BCUT2D eigenvalue weighted by Gasteiger charge is 2.35. The lowest BCUT2D eigenvalue weighted by molar-refractivity contribution is -0.138. The maximum absolute atomic E-state index is 13.8. The minimum Gasteiger partial charge on any atom is -0.507 e. The number of fused-ring (bicyclic) bond motifs is 1. The number of carbonyl (C=O) groups is 1. The van der Waals surface area contributed by atoms with E-state index in [9.17, 15) is 14.7 Å². The number of rotatable bonds is 6. The number of nitrogens with zero attached hydrogens (tertiary/aromatic N) is 2. The first kappa shape index (κ1) is 24.3. The van der Waals surface area contributed by atoms with Crippen molar-refractivity contribution in [3.05, 3.63) is 121 Å². The molecule has 0 bridgehead atoms. The van der Waals surface area contributed by atoms with Crippen LogP contribution in [0.4, 0.5) is 0 Å². The van der Waals surface area contributed by atoms with Crippen LogP contribution in [0.25, 0.3) is 11.8 Å². The molecular weight excluding hydrogens is 488 g/mol. The summed E-state index contributed by atoms with van der Waals surface area (Å²) in [5.74, 6) is 0.109. The van der Waals surface area contributed by atoms with Crippen LogP contribution >= 0.6 is 11.3 Å². The maximum Gasteiger partial charge on any atom is 0.338 e. The van der Waals surface area contributed by atoms with Crippen molar-refractivity contribution in [2.75, 3.05) is 13.7 Å². The predicted octanol–water partition coefficient (Wildman–Crippen LogP) is 3.65. The Morgan fingerprint density at radius 1 is 1.08 bits per heavy atom. The third-order valence-electron chi connectivity index (χ3n) is 6.01. The minimum atomic E-state index is -0.799. The predicted molar refractivity (Wildman–Crippen MR) is 142 cm³/mol. The van der Waals surface area contributed by atoms with Gasteiger partial charge in [-0.1, -0.05) is 72.0 Å². The smallest absolute Gasteiger partial charge is 0.338 e. The quantitative estimate of drug-likeness (QED) is 0.399. The number of carbonyl (C=O) groups excluding carboxylic acids is 1. The van der Waals surface area contributed by atoms with Crippen molar-refractivity contribution in [3.63, 3.8) is 0 Å². The molecule has 1 aliphatic rings. The highest BCUT2D eigenvalue weighted by Crippen LogP contribution is 2.36. The number of aromatic hydroxyl groups is 1. The van der Waals surface area contributed by atoms with Gasteiger partial charge >= 0.3 is 5.97 Å². The summed E-state index contributed by atoms with van der Waals surface area (Å²) in [6, 6.07) is 22.6. The number of ether oxygens (including phenoxy) is 2. The molecule has 1 aliphatic heterocycles. The number of hydrogen-bond donors (Lipinski definition) is 1. The van der Waals surface area contributed by atoms with Crippen LogP contribution in [0, 0.1) is 0 Å². The maximum atomic E-state index is 13.8. The zero-order chi connectivity index (χ0) is 25.9. The summed E-state index contributed by atoms with van der Waals surface area (Å²) in [7, 11) is 1.56. The fourth-order valence-electron chi connectivity index (χ4n) is 4.32. The number of methoxy groups -OCH3 is 1. The van der Waals surface area contributed by atoms with Crippen molar-refractivity contribution < 1.29 is 19.4 Å². The van der Waals surface area contributed by atoms with Crippen molar-refractivity contribution >= 4 is 29.1 Å². The molecule has 0 saturated carbocycles. The van der Waals surface area contributed by atoms with Crippen LogP contribution in [0.2, 0.25) is 0 Å². The average molecular weight is 513 g/mol. The highest BCUT2D eigenvalue weighted by atomic mass is 32.1. The summed E-state index contributed by atoms with van der Waals surface area (Å²) in [6.07, 6.45) is 1.64. The van der Waals surface area contributed by atoms with E-state index >= 15 is 0 Å². The van der Waals surface area contributed by atoms with E-state index in [-0.39, 0.29) is 23.5 Å². The van der Waals surface area contributed by atoms with Crippen molar-refractivity contribution in [1.29, 1.82) is 0 Å². The zero-order valence-electron chi connectivity index (χ0n) is 20.3. The second kappa shape index (κ2) is 10.3. The molecule has 0 amide bonds. The molecule has 186 valence electrons. The number of esters is 1. The summed E-state index contributed by atoms with van der Waals surface area (Å²) in [6.45, 7) is 1.91. The molecule has 0 fully saturated rings. The molecule has 0 saturated heterocycles. The number of phenolic OH excluding ortho intramolecular Hbond substituents is 1. The number of para-hydroxylation sites is 1. The fraction of sp³-hybridized carbons (Fsp3) is 0.138. The van der Waals surface area contributed by atoms with Gasteiger partial charge in [-0.2, -0.15) is 0 Å². The molecule has 0 radical (unpaired) electrons. The van der Waals surface area contributed by atoms with Crippen molar-refractivity contribution in [3.8, 4) is 11.5 Å². The first-order chi connectivity index (χ1) is 18.0. The van der Waals surface area contributed by atoms with Gasteiger partial charge in [0.15, 0.2) is 4.80 Å². The van der Waals surface area contributed by atoms with Crippen LogP contribution in [-0.4, -0.2) is 29.4 Å². The lowest BCUT2D eigenvalue weighted by atomic mass is 9.93. The number of aromatic nitrogens is 1. The van der Waals surface area contributed by atoms with Gasteiger partial charge in [-0.05, 0) is 36.8 Å². The molecule has 3 aromatic carbocycles. The summed E-state index contributed by atoms with van der Waals surface area (Å²) in [5, 5.41) is 10.3. The summed E-state index contributed by atoms with van der Waals surface area (Å²) in [4.78, 5) is 32.5. The molecule has 1 N–H and O–H groups in total. The number of thiazole rings is 1. The van der Waals surface area contributed by atoms with Gasteiger partial charge in [-0.3, -0.25) is 9.36 Å². The molecule has 37 heavy (non-hydrogen) atoms. The number of hydrogen-bond acceptors (Lipinski definition) is 7. The summed E-state index contributed by atoms with van der Waals surface area (Å²) in [5.41, 5.74) is 2.31. The fourth-order valence-corrected chi connectivity index (χ4v) is 5.31. The number of phenols is 1. The molecule has 8 heteroatoms. The van der Waals surface area contributed by atoms with E-state index in [1.54, 1.807) is 56.5 Å². The average Bonchev–Trinajstić information content (AvgIpc) is 3.24. The van der Waals surface area contributed by atoms with Gasteiger partial charge in [0, 0.05) is 11.1 Å². The normalized spacial score (nSPS) is 15.2. The second-order valence-electron chi connectivity index (χ2n) is 8.27. The molecule has 2 heterocycles. The largest absolute Gasteiger partial charge is 0.507 e. The van der Waals surface area contributed by atoms with E-state index in [0.29, 0.717) is 31.9 Å². The second-order valence-corrected chi connectivity index (χ2v) is 9.28. The standard InChI is InChI=1S/C29H24N2O5S/c1-3-36-28(34)24-25(18-10-5-4-6-11-18)30-29-31(26(24)20-13-9-14-21(16-20)35-2)27(33)23(37-29)17-19-12-7-8-15-22(19)32/h4-17,26,32H,3H2,1-2H3/t26-/m1/s1. The Morgan fingerprint density at radius 2 is 1.84 bits per heavy atom. The van der Waals surface area contributed by atoms with E-state index in [4.69, 9.17) is 14.5 Å². The Kier molecular flexibility index (Phi) is 6.74. The van der Waals surface area contributed by atoms with Crippen LogP contribution in [0.1, 0.15) is 29.7 Å². The van der Waals surface area contributed by atoms with Crippen molar-refractivity contribution in [1.82, 2.24) is 4.57 Å². The Morgan fingerprint density at radius 3 is 2.57 bits per heavy atom. The van der Waals surface area contributed by atoms with Crippen LogP contribution in [0.3, 0.4) is 0 Å². The van der Waals surface area contributed by atoms with Gasteiger partial charge < -0.3 is 14.6 Å². The van der Waals surface area contributed by atoms with Gasteiger partial charge in [-0.25, -0.2) is 9.79 Å². The van der Waals surface area contributed by atoms with Crippen LogP contribution in [-0.2, 0) is 9.53 Å². The summed E-state index contributed by atoms with van der Waals surface area (Å²) >= 11 is 1.20. The monoisotopic (exact) mass is 512 g/mol. The number of benzene rings is 3. The minimum absolute atomic E-state index is 0.0647. The highest BCUT2D eigenvalue weighted by molar-refractivity contribution is 7.07. The van der Waals surface area contributed by atoms with Crippen LogP contribution in [0.15, 0.2) is 94.2 Å². The molecule has 5 rings (SSSR count). The molecule has 1 aromatic heterocycles. The van der Waals surface area contributed by atoms with Gasteiger partial charge in [-0.15, -0.1) is 0 Å². The Hall–Kier alpha value is -4.43. The van der Waals surface area contributed by atoms with E-state index in [0.717, 1.165) is 5.56 Å². The Labute approximate surface area is 216 Å². The van der Waals surface area contributed by atoms with E-state index in [1.807, 2.05) is 42.5 Å². The third kappa shape index (κ3) is 4.59.